The first-order valence-corrected chi connectivity index (χ1v) is 12.2. The van der Waals surface area contributed by atoms with Gasteiger partial charge in [-0.1, -0.05) is 37.6 Å². The Kier molecular flexibility index (Phi) is 7.68. The highest BCUT2D eigenvalue weighted by atomic mass is 35.5. The molecule has 1 amide bonds. The maximum Gasteiger partial charge on any atom is 0.250 e. The molecule has 2 aromatic heterocycles. The van der Waals surface area contributed by atoms with Crippen LogP contribution in [0.25, 0.3) is 16.6 Å². The van der Waals surface area contributed by atoms with Gasteiger partial charge in [0.2, 0.25) is 5.91 Å². The van der Waals surface area contributed by atoms with Crippen LogP contribution in [-0.2, 0) is 11.4 Å². The Labute approximate surface area is 222 Å². The predicted octanol–water partition coefficient (Wildman–Crippen LogP) is 4.19. The summed E-state index contributed by atoms with van der Waals surface area (Å²) in [4.78, 5) is 16.9. The lowest BCUT2D eigenvalue weighted by Gasteiger charge is -2.37. The van der Waals surface area contributed by atoms with Gasteiger partial charge in [0.1, 0.15) is 23.7 Å². The Hall–Kier alpha value is -3.60. The average Bonchev–Trinajstić information content (AvgIpc) is 3.29. The minimum absolute atomic E-state index is 0.0221. The molecule has 4 rings (SSSR count). The lowest BCUT2D eigenvalue weighted by atomic mass is 9.73. The van der Waals surface area contributed by atoms with Crippen LogP contribution in [0, 0.1) is 24.5 Å². The first-order valence-electron chi connectivity index (χ1n) is 11.8. The number of nitrogens with two attached hydrogens (primary N) is 1. The van der Waals surface area contributed by atoms with E-state index in [0.29, 0.717) is 28.0 Å². The van der Waals surface area contributed by atoms with E-state index in [1.807, 2.05) is 0 Å². The van der Waals surface area contributed by atoms with E-state index in [1.165, 1.54) is 10.9 Å². The fraction of sp³-hybridized carbons (Fsp3) is 0.296. The van der Waals surface area contributed by atoms with Crippen LogP contribution < -0.4 is 10.5 Å². The molecule has 2 heterocycles. The highest BCUT2D eigenvalue weighted by Crippen LogP contribution is 2.39. The monoisotopic (exact) mass is 544 g/mol. The highest BCUT2D eigenvalue weighted by Gasteiger charge is 2.47. The Bertz CT molecular complexity index is 1510. The number of aryl methyl sites for hydroxylation is 1. The fourth-order valence-corrected chi connectivity index (χ4v) is 4.90. The maximum absolute atomic E-state index is 14.5. The second kappa shape index (κ2) is 10.6. The molecule has 4 aromatic rings. The molecule has 1 unspecified atom stereocenters. The van der Waals surface area contributed by atoms with Gasteiger partial charge in [-0.05, 0) is 42.7 Å². The Morgan fingerprint density at radius 2 is 1.97 bits per heavy atom. The summed E-state index contributed by atoms with van der Waals surface area (Å²) in [7, 11) is 0. The van der Waals surface area contributed by atoms with Crippen LogP contribution in [0.1, 0.15) is 36.6 Å². The van der Waals surface area contributed by atoms with Crippen LogP contribution in [0.4, 0.5) is 8.78 Å². The molecule has 0 saturated heterocycles. The number of para-hydroxylation sites is 1. The molecule has 8 nitrogen and oxygen atoms in total. The number of halogens is 3. The van der Waals surface area contributed by atoms with E-state index < -0.39 is 41.6 Å². The maximum atomic E-state index is 14.5. The summed E-state index contributed by atoms with van der Waals surface area (Å²) in [5.41, 5.74) is 5.36. The third kappa shape index (κ3) is 4.94. The molecular formula is C27H27ClF2N4O4. The molecule has 2 aromatic carbocycles. The van der Waals surface area contributed by atoms with Gasteiger partial charge in [0, 0.05) is 22.6 Å². The van der Waals surface area contributed by atoms with Gasteiger partial charge in [-0.2, -0.15) is 5.10 Å². The molecule has 38 heavy (non-hydrogen) atoms. The number of pyridine rings is 1. The molecule has 0 fully saturated rings. The second-order valence-corrected chi connectivity index (χ2v) is 9.77. The average molecular weight is 545 g/mol. The number of carbonyl (C=O) groups is 1. The zero-order valence-electron chi connectivity index (χ0n) is 21.0. The van der Waals surface area contributed by atoms with E-state index in [-0.39, 0.29) is 22.8 Å². The third-order valence-corrected chi connectivity index (χ3v) is 6.97. The summed E-state index contributed by atoms with van der Waals surface area (Å²) in [5, 5.41) is 26.1. The Morgan fingerprint density at radius 3 is 2.58 bits per heavy atom. The molecule has 200 valence electrons. The minimum atomic E-state index is -2.19. The number of primary amides is 1. The summed E-state index contributed by atoms with van der Waals surface area (Å²) >= 11 is 6.40. The fourth-order valence-electron chi connectivity index (χ4n) is 4.64. The predicted molar refractivity (Wildman–Crippen MR) is 138 cm³/mol. The van der Waals surface area contributed by atoms with Crippen molar-refractivity contribution in [3.63, 3.8) is 0 Å². The van der Waals surface area contributed by atoms with Gasteiger partial charge in [-0.15, -0.1) is 0 Å². The van der Waals surface area contributed by atoms with Gasteiger partial charge in [0.15, 0.2) is 11.4 Å². The van der Waals surface area contributed by atoms with Crippen molar-refractivity contribution in [3.8, 4) is 11.4 Å². The van der Waals surface area contributed by atoms with Gasteiger partial charge in [0.25, 0.3) is 0 Å². The summed E-state index contributed by atoms with van der Waals surface area (Å²) in [6.45, 7) is 3.99. The smallest absolute Gasteiger partial charge is 0.250 e. The number of aliphatic hydroxyl groups is 2. The quantitative estimate of drug-likeness (QED) is 0.290. The van der Waals surface area contributed by atoms with E-state index in [0.717, 1.165) is 18.3 Å². The van der Waals surface area contributed by atoms with E-state index in [9.17, 15) is 23.8 Å². The van der Waals surface area contributed by atoms with Crippen LogP contribution in [-0.4, -0.2) is 43.1 Å². The summed E-state index contributed by atoms with van der Waals surface area (Å²) in [5.74, 6) is -3.91. The highest BCUT2D eigenvalue weighted by molar-refractivity contribution is 6.31. The topological polar surface area (TPSA) is 123 Å². The number of rotatable bonds is 9. The van der Waals surface area contributed by atoms with Gasteiger partial charge in [0.05, 0.1) is 29.7 Å². The normalized spacial score (nSPS) is 14.0. The van der Waals surface area contributed by atoms with Crippen molar-refractivity contribution < 1.29 is 28.5 Å². The molecule has 0 bridgehead atoms. The lowest BCUT2D eigenvalue weighted by molar-refractivity contribution is -0.146. The van der Waals surface area contributed by atoms with E-state index >= 15 is 0 Å². The van der Waals surface area contributed by atoms with Crippen molar-refractivity contribution in [2.75, 3.05) is 6.61 Å². The number of fused-ring (bicyclic) bond motifs is 1. The number of benzene rings is 2. The number of carbonyl (C=O) groups excluding carboxylic acids is 1. The number of ether oxygens (including phenoxy) is 1. The van der Waals surface area contributed by atoms with E-state index in [4.69, 9.17) is 22.1 Å². The van der Waals surface area contributed by atoms with Gasteiger partial charge < -0.3 is 20.7 Å². The molecule has 2 atom stereocenters. The molecule has 11 heteroatoms. The zero-order valence-corrected chi connectivity index (χ0v) is 21.7. The van der Waals surface area contributed by atoms with Crippen molar-refractivity contribution >= 4 is 28.4 Å². The first-order chi connectivity index (χ1) is 18.0. The van der Waals surface area contributed by atoms with Gasteiger partial charge in [-0.3, -0.25) is 4.79 Å². The van der Waals surface area contributed by atoms with Gasteiger partial charge in [-0.25, -0.2) is 18.4 Å². The number of nitrogens with zero attached hydrogens (tertiary/aromatic N) is 3. The van der Waals surface area contributed by atoms with Crippen LogP contribution in [0.15, 0.2) is 48.8 Å². The molecule has 0 spiro atoms. The molecule has 0 aliphatic rings. The number of amides is 1. The summed E-state index contributed by atoms with van der Waals surface area (Å²) in [6, 6.07) is 9.13. The van der Waals surface area contributed by atoms with Crippen molar-refractivity contribution in [1.82, 2.24) is 14.8 Å². The van der Waals surface area contributed by atoms with E-state index in [2.05, 4.69) is 10.1 Å². The van der Waals surface area contributed by atoms with Gasteiger partial charge >= 0.3 is 0 Å². The first kappa shape index (κ1) is 27.4. The SMILES string of the molecule is Cc1cc(-n2cc(F)cn2)c2cccc(OCc3c(Cl)cc(F)cc3[C@H](CO)C(O)(C(N)=O)C(C)C)c2n1. The van der Waals surface area contributed by atoms with Crippen LogP contribution in [0.5, 0.6) is 5.75 Å². The number of hydrogen-bond donors (Lipinski definition) is 3. The molecular weight excluding hydrogens is 518 g/mol. The lowest BCUT2D eigenvalue weighted by Crippen LogP contribution is -2.54. The second-order valence-electron chi connectivity index (χ2n) is 9.36. The van der Waals surface area contributed by atoms with Crippen LogP contribution in [0.2, 0.25) is 5.02 Å². The molecule has 0 aliphatic carbocycles. The standard InChI is InChI=1S/C27H27ClF2N4O4/c1-14(2)27(37,26(31)36)21(12-35)19-8-16(29)9-22(28)20(19)13-38-24-6-4-5-18-23(7-15(3)33-25(18)24)34-11-17(30)10-32-34/h4-11,14,21,35,37H,12-13H2,1-3H3,(H2,31,36)/t21-,27?/m0/s1. The van der Waals surface area contributed by atoms with Crippen LogP contribution in [0.3, 0.4) is 0 Å². The number of aromatic nitrogens is 3. The van der Waals surface area contributed by atoms with E-state index in [1.54, 1.807) is 45.0 Å². The summed E-state index contributed by atoms with van der Waals surface area (Å²) < 4.78 is 35.6. The van der Waals surface area contributed by atoms with Crippen molar-refractivity contribution in [2.45, 2.75) is 38.9 Å². The number of aliphatic hydroxyl groups excluding tert-OH is 1. The Morgan fingerprint density at radius 1 is 1.24 bits per heavy atom. The summed E-state index contributed by atoms with van der Waals surface area (Å²) in [6.07, 6.45) is 2.35. The molecule has 0 aliphatic heterocycles. The third-order valence-electron chi connectivity index (χ3n) is 6.64. The molecule has 0 saturated carbocycles. The van der Waals surface area contributed by atoms with Crippen molar-refractivity contribution in [2.24, 2.45) is 11.7 Å². The molecule has 0 radical (unpaired) electrons. The Balaban J connectivity index is 1.79. The number of hydrogen-bond acceptors (Lipinski definition) is 6. The zero-order chi connectivity index (χ0) is 27.8. The molecule has 4 N–H and O–H groups in total. The van der Waals surface area contributed by atoms with Crippen LogP contribution >= 0.6 is 11.6 Å². The van der Waals surface area contributed by atoms with Crippen molar-refractivity contribution in [1.29, 1.82) is 0 Å². The largest absolute Gasteiger partial charge is 0.487 e. The minimum Gasteiger partial charge on any atom is -0.487 e. The van der Waals surface area contributed by atoms with Crippen molar-refractivity contribution in [3.05, 3.63) is 82.3 Å².